The third-order valence-electron chi connectivity index (χ3n) is 4.15. The molecule has 156 valence electrons. The number of furan rings is 1. The van der Waals surface area contributed by atoms with Crippen LogP contribution in [0.3, 0.4) is 0 Å². The Kier molecular flexibility index (Phi) is 6.53. The summed E-state index contributed by atoms with van der Waals surface area (Å²) in [5.74, 6) is 0.150. The first-order chi connectivity index (χ1) is 14.4. The average Bonchev–Trinajstić information content (AvgIpc) is 3.26. The van der Waals surface area contributed by atoms with Crippen LogP contribution in [0.4, 0.5) is 5.69 Å². The molecule has 1 N–H and O–H groups in total. The Hall–Kier alpha value is -3.59. The second-order valence-corrected chi connectivity index (χ2v) is 8.17. The van der Waals surface area contributed by atoms with E-state index in [0.29, 0.717) is 11.5 Å². The van der Waals surface area contributed by atoms with E-state index in [9.17, 15) is 13.2 Å². The molecule has 3 aromatic rings. The normalized spacial score (nSPS) is 11.4. The molecule has 1 amide bonds. The van der Waals surface area contributed by atoms with Crippen LogP contribution in [0.25, 0.3) is 0 Å². The van der Waals surface area contributed by atoms with Crippen LogP contribution < -0.4 is 14.5 Å². The summed E-state index contributed by atoms with van der Waals surface area (Å²) >= 11 is 0. The molecule has 1 heterocycles. The van der Waals surface area contributed by atoms with Crippen molar-refractivity contribution in [2.24, 2.45) is 5.10 Å². The number of hydrogen-bond donors (Lipinski definition) is 1. The van der Waals surface area contributed by atoms with Crippen molar-refractivity contribution in [3.63, 3.8) is 0 Å². The SMILES string of the molecule is COc1ccc(C)cc1N(CC(=O)N/N=C\c1ccco1)S(=O)(=O)c1ccccc1. The molecule has 1 aromatic heterocycles. The molecule has 0 unspecified atom stereocenters. The van der Waals surface area contributed by atoms with E-state index < -0.39 is 22.5 Å². The first kappa shape index (κ1) is 21.1. The molecule has 0 bridgehead atoms. The zero-order valence-corrected chi connectivity index (χ0v) is 17.3. The van der Waals surface area contributed by atoms with Gasteiger partial charge in [0.25, 0.3) is 15.9 Å². The molecule has 2 aromatic carbocycles. The lowest BCUT2D eigenvalue weighted by Gasteiger charge is -2.25. The summed E-state index contributed by atoms with van der Waals surface area (Å²) in [4.78, 5) is 12.6. The number of aryl methyl sites for hydroxylation is 1. The molecule has 0 atom stereocenters. The summed E-state index contributed by atoms with van der Waals surface area (Å²) in [6.07, 6.45) is 2.79. The van der Waals surface area contributed by atoms with Gasteiger partial charge in [-0.3, -0.25) is 9.10 Å². The standard InChI is InChI=1S/C21H21N3O5S/c1-16-10-11-20(28-2)19(13-16)24(30(26,27)18-8-4-3-5-9-18)15-21(25)23-22-14-17-7-6-12-29-17/h3-14H,15H2,1-2H3,(H,23,25)/b22-14-. The highest BCUT2D eigenvalue weighted by molar-refractivity contribution is 7.92. The molecular weight excluding hydrogens is 406 g/mol. The zero-order valence-electron chi connectivity index (χ0n) is 16.5. The van der Waals surface area contributed by atoms with Gasteiger partial charge >= 0.3 is 0 Å². The van der Waals surface area contributed by atoms with Gasteiger partial charge in [0.1, 0.15) is 18.1 Å². The van der Waals surface area contributed by atoms with E-state index in [2.05, 4.69) is 10.5 Å². The van der Waals surface area contributed by atoms with Crippen molar-refractivity contribution in [1.82, 2.24) is 5.43 Å². The molecule has 9 heteroatoms. The van der Waals surface area contributed by atoms with Crippen LogP contribution in [-0.4, -0.2) is 34.2 Å². The molecule has 0 fully saturated rings. The Morgan fingerprint density at radius 1 is 1.17 bits per heavy atom. The number of carbonyl (C=O) groups excluding carboxylic acids is 1. The number of benzene rings is 2. The third kappa shape index (κ3) is 4.87. The monoisotopic (exact) mass is 427 g/mol. The summed E-state index contributed by atoms with van der Waals surface area (Å²) in [5.41, 5.74) is 3.39. The predicted molar refractivity (Wildman–Crippen MR) is 113 cm³/mol. The summed E-state index contributed by atoms with van der Waals surface area (Å²) in [5, 5.41) is 3.80. The fourth-order valence-electron chi connectivity index (χ4n) is 2.71. The fraction of sp³-hybridized carbons (Fsp3) is 0.143. The number of hydrogen-bond acceptors (Lipinski definition) is 6. The van der Waals surface area contributed by atoms with Crippen molar-refractivity contribution >= 4 is 27.8 Å². The highest BCUT2D eigenvalue weighted by Gasteiger charge is 2.29. The van der Waals surface area contributed by atoms with Crippen LogP contribution >= 0.6 is 0 Å². The lowest BCUT2D eigenvalue weighted by atomic mass is 10.2. The summed E-state index contributed by atoms with van der Waals surface area (Å²) < 4.78 is 38.1. The number of carbonyl (C=O) groups is 1. The molecule has 0 aliphatic heterocycles. The molecule has 0 aliphatic rings. The molecule has 0 saturated heterocycles. The zero-order chi connectivity index (χ0) is 21.6. The van der Waals surface area contributed by atoms with Crippen LogP contribution in [0.5, 0.6) is 5.75 Å². The van der Waals surface area contributed by atoms with Crippen molar-refractivity contribution in [3.8, 4) is 5.75 Å². The van der Waals surface area contributed by atoms with Gasteiger partial charge in [0.15, 0.2) is 0 Å². The van der Waals surface area contributed by atoms with Crippen LogP contribution in [0, 0.1) is 6.92 Å². The Morgan fingerprint density at radius 2 is 1.93 bits per heavy atom. The van der Waals surface area contributed by atoms with E-state index >= 15 is 0 Å². The second-order valence-electron chi connectivity index (χ2n) is 6.31. The molecule has 0 radical (unpaired) electrons. The minimum atomic E-state index is -4.04. The molecule has 3 rings (SSSR count). The Bertz CT molecular complexity index is 1130. The van der Waals surface area contributed by atoms with Crippen LogP contribution in [0.15, 0.2) is 81.3 Å². The van der Waals surface area contributed by atoms with Crippen molar-refractivity contribution < 1.29 is 22.4 Å². The number of rotatable bonds is 8. The van der Waals surface area contributed by atoms with Gasteiger partial charge in [-0.05, 0) is 48.9 Å². The van der Waals surface area contributed by atoms with Crippen molar-refractivity contribution in [3.05, 3.63) is 78.3 Å². The van der Waals surface area contributed by atoms with Gasteiger partial charge < -0.3 is 9.15 Å². The maximum atomic E-state index is 13.3. The van der Waals surface area contributed by atoms with Gasteiger partial charge in [0.05, 0.1) is 30.2 Å². The fourth-order valence-corrected chi connectivity index (χ4v) is 4.16. The minimum absolute atomic E-state index is 0.0560. The average molecular weight is 427 g/mol. The lowest BCUT2D eigenvalue weighted by molar-refractivity contribution is -0.119. The van der Waals surface area contributed by atoms with E-state index in [1.807, 2.05) is 6.92 Å². The van der Waals surface area contributed by atoms with Gasteiger partial charge in [-0.15, -0.1) is 0 Å². The van der Waals surface area contributed by atoms with Crippen LogP contribution in [-0.2, 0) is 14.8 Å². The van der Waals surface area contributed by atoms with E-state index in [1.165, 1.54) is 31.7 Å². The minimum Gasteiger partial charge on any atom is -0.495 e. The van der Waals surface area contributed by atoms with E-state index in [1.54, 1.807) is 48.5 Å². The Morgan fingerprint density at radius 3 is 2.60 bits per heavy atom. The first-order valence-electron chi connectivity index (χ1n) is 8.99. The smallest absolute Gasteiger partial charge is 0.264 e. The predicted octanol–water partition coefficient (Wildman–Crippen LogP) is 2.94. The molecular formula is C21H21N3O5S. The van der Waals surface area contributed by atoms with Gasteiger partial charge in [0, 0.05) is 0 Å². The summed E-state index contributed by atoms with van der Waals surface area (Å²) in [6, 6.07) is 16.3. The number of anilines is 1. The number of amides is 1. The van der Waals surface area contributed by atoms with E-state index in [0.717, 1.165) is 9.87 Å². The van der Waals surface area contributed by atoms with Gasteiger partial charge in [0.2, 0.25) is 0 Å². The number of sulfonamides is 1. The Labute approximate surface area is 174 Å². The lowest BCUT2D eigenvalue weighted by Crippen LogP contribution is -2.39. The number of hydrazone groups is 1. The Balaban J connectivity index is 1.94. The molecule has 30 heavy (non-hydrogen) atoms. The van der Waals surface area contributed by atoms with Crippen molar-refractivity contribution in [2.75, 3.05) is 18.0 Å². The van der Waals surface area contributed by atoms with E-state index in [4.69, 9.17) is 9.15 Å². The van der Waals surface area contributed by atoms with Gasteiger partial charge in [-0.2, -0.15) is 5.10 Å². The molecule has 0 spiro atoms. The summed E-state index contributed by atoms with van der Waals surface area (Å²) in [7, 11) is -2.60. The highest BCUT2D eigenvalue weighted by Crippen LogP contribution is 2.33. The maximum Gasteiger partial charge on any atom is 0.264 e. The van der Waals surface area contributed by atoms with Crippen LogP contribution in [0.2, 0.25) is 0 Å². The van der Waals surface area contributed by atoms with E-state index in [-0.39, 0.29) is 10.6 Å². The highest BCUT2D eigenvalue weighted by atomic mass is 32.2. The topological polar surface area (TPSA) is 101 Å². The van der Waals surface area contributed by atoms with Gasteiger partial charge in [-0.1, -0.05) is 24.3 Å². The molecule has 8 nitrogen and oxygen atoms in total. The number of nitrogens with one attached hydrogen (secondary N) is 1. The largest absolute Gasteiger partial charge is 0.495 e. The van der Waals surface area contributed by atoms with Crippen LogP contribution in [0.1, 0.15) is 11.3 Å². The first-order valence-corrected chi connectivity index (χ1v) is 10.4. The number of nitrogens with zero attached hydrogens (tertiary/aromatic N) is 2. The number of ether oxygens (including phenoxy) is 1. The second kappa shape index (κ2) is 9.27. The molecule has 0 saturated carbocycles. The number of methoxy groups -OCH3 is 1. The molecule has 0 aliphatic carbocycles. The summed E-state index contributed by atoms with van der Waals surface area (Å²) in [6.45, 7) is 1.33. The van der Waals surface area contributed by atoms with Gasteiger partial charge in [-0.25, -0.2) is 13.8 Å². The maximum absolute atomic E-state index is 13.3. The van der Waals surface area contributed by atoms with Crippen molar-refractivity contribution in [1.29, 1.82) is 0 Å². The third-order valence-corrected chi connectivity index (χ3v) is 5.92. The van der Waals surface area contributed by atoms with Crippen molar-refractivity contribution in [2.45, 2.75) is 11.8 Å². The quantitative estimate of drug-likeness (QED) is 0.440.